The lowest BCUT2D eigenvalue weighted by Crippen LogP contribution is -2.50. The van der Waals surface area contributed by atoms with Gasteiger partial charge in [0, 0.05) is 39.1 Å². The molecule has 0 saturated carbocycles. The van der Waals surface area contributed by atoms with Crippen molar-refractivity contribution >= 4 is 23.9 Å². The molecule has 1 fully saturated rings. The lowest BCUT2D eigenvalue weighted by atomic mass is 10.0. The molecule has 0 aromatic heterocycles. The first-order valence-corrected chi connectivity index (χ1v) is 9.93. The highest BCUT2D eigenvalue weighted by molar-refractivity contribution is 5.71. The predicted octanol–water partition coefficient (Wildman–Crippen LogP) is -1.38. The molecular weight excluding hydrogens is 400 g/mol. The molecule has 172 valence electrons. The third-order valence-electron chi connectivity index (χ3n) is 4.68. The van der Waals surface area contributed by atoms with Crippen LogP contribution in [0.25, 0.3) is 0 Å². The molecule has 12 heteroatoms. The molecule has 0 aromatic carbocycles. The topological polar surface area (TPSA) is 160 Å². The number of carbonyl (C=O) groups is 4. The normalized spacial score (nSPS) is 20.6. The summed E-state index contributed by atoms with van der Waals surface area (Å²) >= 11 is 0. The van der Waals surface area contributed by atoms with E-state index in [-0.39, 0.29) is 51.7 Å². The van der Waals surface area contributed by atoms with Gasteiger partial charge in [0.2, 0.25) is 0 Å². The minimum absolute atomic E-state index is 0.0348. The van der Waals surface area contributed by atoms with Gasteiger partial charge in [-0.25, -0.2) is 5.01 Å². The van der Waals surface area contributed by atoms with Gasteiger partial charge < -0.3 is 20.1 Å². The highest BCUT2D eigenvalue weighted by Crippen LogP contribution is 2.11. The first kappa shape index (κ1) is 25.8. The summed E-state index contributed by atoms with van der Waals surface area (Å²) in [4.78, 5) is 48.9. The number of hydrogen-bond donors (Lipinski definition) is 4. The molecule has 0 spiro atoms. The second-order valence-corrected chi connectivity index (χ2v) is 7.18. The molecule has 1 aliphatic rings. The van der Waals surface area contributed by atoms with Crippen molar-refractivity contribution in [1.82, 2.24) is 20.2 Å². The monoisotopic (exact) mass is 432 g/mol. The van der Waals surface area contributed by atoms with E-state index in [1.54, 1.807) is 11.8 Å². The molecule has 1 unspecified atom stereocenters. The van der Waals surface area contributed by atoms with Crippen molar-refractivity contribution in [2.24, 2.45) is 5.92 Å². The summed E-state index contributed by atoms with van der Waals surface area (Å²) in [5.74, 6) is -3.66. The Balaban J connectivity index is 2.92. The van der Waals surface area contributed by atoms with Crippen molar-refractivity contribution in [2.75, 3.05) is 65.5 Å². The van der Waals surface area contributed by atoms with E-state index in [4.69, 9.17) is 14.9 Å². The zero-order chi connectivity index (χ0) is 22.5. The van der Waals surface area contributed by atoms with Crippen molar-refractivity contribution < 1.29 is 39.2 Å². The maximum Gasteiger partial charge on any atom is 0.320 e. The van der Waals surface area contributed by atoms with Crippen molar-refractivity contribution in [2.45, 2.75) is 19.8 Å². The van der Waals surface area contributed by atoms with Gasteiger partial charge in [0.05, 0.1) is 19.7 Å². The molecule has 0 amide bonds. The van der Waals surface area contributed by atoms with Crippen molar-refractivity contribution in [3.63, 3.8) is 0 Å². The summed E-state index contributed by atoms with van der Waals surface area (Å²) in [6.45, 7) is 3.47. The lowest BCUT2D eigenvalue weighted by molar-refractivity contribution is -0.145. The number of ether oxygens (including phenoxy) is 1. The van der Waals surface area contributed by atoms with Gasteiger partial charge in [-0.15, -0.1) is 0 Å². The van der Waals surface area contributed by atoms with Crippen LogP contribution in [0.3, 0.4) is 0 Å². The van der Waals surface area contributed by atoms with E-state index in [9.17, 15) is 24.3 Å². The Morgan fingerprint density at radius 1 is 0.867 bits per heavy atom. The Kier molecular flexibility index (Phi) is 11.9. The molecule has 0 aromatic rings. The van der Waals surface area contributed by atoms with Crippen LogP contribution in [-0.4, -0.2) is 120 Å². The number of hydrogen-bond acceptors (Lipinski definition) is 9. The maximum absolute atomic E-state index is 11.9. The fourth-order valence-electron chi connectivity index (χ4n) is 3.19. The van der Waals surface area contributed by atoms with Crippen LogP contribution in [0.5, 0.6) is 0 Å². The summed E-state index contributed by atoms with van der Waals surface area (Å²) < 4.78 is 4.99. The smallest absolute Gasteiger partial charge is 0.320 e. The standard InChI is InChI=1S/C18H32N4O8/c1-2-30-18(29)13-20-4-3-14(9-15(23)24)10-19-22(12-17(27)28)8-7-21(6-5-20)11-16(25)26/h14,19H,2-13H2,1H3,(H,23,24)(H,25,26)(H,27,28). The summed E-state index contributed by atoms with van der Waals surface area (Å²) in [6, 6.07) is 0. The van der Waals surface area contributed by atoms with E-state index in [2.05, 4.69) is 5.43 Å². The Morgan fingerprint density at radius 3 is 2.03 bits per heavy atom. The number of hydrazine groups is 1. The Hall–Kier alpha value is -2.28. The van der Waals surface area contributed by atoms with Gasteiger partial charge in [-0.2, -0.15) is 0 Å². The predicted molar refractivity (Wildman–Crippen MR) is 105 cm³/mol. The van der Waals surface area contributed by atoms with E-state index >= 15 is 0 Å². The van der Waals surface area contributed by atoms with Crippen LogP contribution in [0.4, 0.5) is 0 Å². The quantitative estimate of drug-likeness (QED) is 0.317. The number of carbonyl (C=O) groups excluding carboxylic acids is 1. The minimum atomic E-state index is -1.05. The zero-order valence-corrected chi connectivity index (χ0v) is 17.3. The highest BCUT2D eigenvalue weighted by atomic mass is 16.5. The summed E-state index contributed by atoms with van der Waals surface area (Å²) in [5.41, 5.74) is 2.98. The van der Waals surface area contributed by atoms with Crippen LogP contribution >= 0.6 is 0 Å². The maximum atomic E-state index is 11.9. The molecule has 0 aliphatic carbocycles. The average molecular weight is 432 g/mol. The van der Waals surface area contributed by atoms with Crippen LogP contribution in [0.1, 0.15) is 19.8 Å². The van der Waals surface area contributed by atoms with Gasteiger partial charge >= 0.3 is 23.9 Å². The first-order chi connectivity index (χ1) is 14.2. The molecule has 1 saturated heterocycles. The number of aliphatic carboxylic acids is 3. The molecule has 1 heterocycles. The third-order valence-corrected chi connectivity index (χ3v) is 4.68. The van der Waals surface area contributed by atoms with Crippen molar-refractivity contribution in [3.8, 4) is 0 Å². The Labute approximate surface area is 175 Å². The number of nitrogens with zero attached hydrogens (tertiary/aromatic N) is 3. The molecule has 4 N–H and O–H groups in total. The molecule has 0 bridgehead atoms. The summed E-state index contributed by atoms with van der Waals surface area (Å²) in [7, 11) is 0. The van der Waals surface area contributed by atoms with E-state index < -0.39 is 23.9 Å². The van der Waals surface area contributed by atoms with Crippen molar-refractivity contribution in [3.05, 3.63) is 0 Å². The number of carboxylic acids is 3. The molecule has 12 nitrogen and oxygen atoms in total. The van der Waals surface area contributed by atoms with Crippen LogP contribution in [0, 0.1) is 5.92 Å². The lowest BCUT2D eigenvalue weighted by Gasteiger charge is -2.32. The van der Waals surface area contributed by atoms with Crippen LogP contribution in [0.15, 0.2) is 0 Å². The number of rotatable bonds is 9. The molecule has 1 aliphatic heterocycles. The molecule has 1 atom stereocenters. The molecule has 0 radical (unpaired) electrons. The van der Waals surface area contributed by atoms with Gasteiger partial charge in [-0.05, 0) is 25.8 Å². The molecule has 30 heavy (non-hydrogen) atoms. The van der Waals surface area contributed by atoms with E-state index in [0.29, 0.717) is 32.6 Å². The highest BCUT2D eigenvalue weighted by Gasteiger charge is 2.22. The van der Waals surface area contributed by atoms with Crippen LogP contribution in [-0.2, 0) is 23.9 Å². The van der Waals surface area contributed by atoms with E-state index in [0.717, 1.165) is 0 Å². The fraction of sp³-hybridized carbons (Fsp3) is 0.778. The minimum Gasteiger partial charge on any atom is -0.481 e. The molecular formula is C18H32N4O8. The molecule has 1 rings (SSSR count). The SMILES string of the molecule is CCOC(=O)CN1CCC(CC(=O)O)CNN(CC(=O)O)CCN(CC(=O)O)CC1. The third kappa shape index (κ3) is 11.7. The van der Waals surface area contributed by atoms with Crippen LogP contribution < -0.4 is 5.43 Å². The largest absolute Gasteiger partial charge is 0.481 e. The van der Waals surface area contributed by atoms with Gasteiger partial charge in [0.1, 0.15) is 6.54 Å². The van der Waals surface area contributed by atoms with Gasteiger partial charge in [-0.3, -0.25) is 34.4 Å². The summed E-state index contributed by atoms with van der Waals surface area (Å²) in [5, 5.41) is 28.9. The zero-order valence-electron chi connectivity index (χ0n) is 17.3. The van der Waals surface area contributed by atoms with Crippen molar-refractivity contribution in [1.29, 1.82) is 0 Å². The van der Waals surface area contributed by atoms with Gasteiger partial charge in [0.25, 0.3) is 0 Å². The number of carboxylic acid groups (broad SMARTS) is 3. The first-order valence-electron chi connectivity index (χ1n) is 9.93. The van der Waals surface area contributed by atoms with Gasteiger partial charge in [-0.1, -0.05) is 0 Å². The van der Waals surface area contributed by atoms with E-state index in [1.807, 2.05) is 4.90 Å². The second-order valence-electron chi connectivity index (χ2n) is 7.18. The number of nitrogens with one attached hydrogen (secondary N) is 1. The second kappa shape index (κ2) is 13.9. The Bertz CT molecular complexity index is 557. The summed E-state index contributed by atoms with van der Waals surface area (Å²) in [6.07, 6.45) is 0.380. The van der Waals surface area contributed by atoms with Gasteiger partial charge in [0.15, 0.2) is 0 Å². The number of esters is 1. The fourth-order valence-corrected chi connectivity index (χ4v) is 3.19. The van der Waals surface area contributed by atoms with E-state index in [1.165, 1.54) is 5.01 Å². The Morgan fingerprint density at radius 2 is 1.47 bits per heavy atom. The average Bonchev–Trinajstić information content (AvgIpc) is 2.62. The van der Waals surface area contributed by atoms with Crippen LogP contribution in [0.2, 0.25) is 0 Å².